The van der Waals surface area contributed by atoms with E-state index in [4.69, 9.17) is 5.11 Å². The molecule has 0 saturated heterocycles. The van der Waals surface area contributed by atoms with Crippen LogP contribution in [0.25, 0.3) is 10.8 Å². The zero-order valence-electron chi connectivity index (χ0n) is 14.0. The number of rotatable bonds is 6. The summed E-state index contributed by atoms with van der Waals surface area (Å²) in [6.07, 6.45) is 0. The van der Waals surface area contributed by atoms with Crippen molar-refractivity contribution < 1.29 is 14.7 Å². The Morgan fingerprint density at radius 1 is 1.12 bits per heavy atom. The number of fused-ring (bicyclic) bond motifs is 1. The Bertz CT molecular complexity index is 720. The zero-order chi connectivity index (χ0) is 17.0. The lowest BCUT2D eigenvalue weighted by atomic mass is 10.0. The monoisotopic (exact) mass is 350 g/mol. The van der Waals surface area contributed by atoms with Gasteiger partial charge in [-0.25, -0.2) is 0 Å². The molecular weight excluding hydrogens is 328 g/mol. The molecule has 6 heteroatoms. The molecule has 130 valence electrons. The van der Waals surface area contributed by atoms with Crippen molar-refractivity contribution in [2.24, 2.45) is 0 Å². The highest BCUT2D eigenvalue weighted by molar-refractivity contribution is 5.85. The molecule has 2 aromatic carbocycles. The third-order valence-corrected chi connectivity index (χ3v) is 4.06. The molecule has 0 radical (unpaired) electrons. The van der Waals surface area contributed by atoms with Crippen LogP contribution in [0.1, 0.15) is 25.5 Å². The summed E-state index contributed by atoms with van der Waals surface area (Å²) < 4.78 is 0. The van der Waals surface area contributed by atoms with E-state index in [-0.39, 0.29) is 30.9 Å². The molecule has 2 N–H and O–H groups in total. The van der Waals surface area contributed by atoms with Crippen LogP contribution in [0.15, 0.2) is 42.5 Å². The number of benzene rings is 2. The van der Waals surface area contributed by atoms with Gasteiger partial charge in [0.1, 0.15) is 6.04 Å². The van der Waals surface area contributed by atoms with Crippen LogP contribution < -0.4 is 5.32 Å². The van der Waals surface area contributed by atoms with E-state index in [1.807, 2.05) is 43.3 Å². The second-order valence-corrected chi connectivity index (χ2v) is 5.83. The Morgan fingerprint density at radius 3 is 2.38 bits per heavy atom. The van der Waals surface area contributed by atoms with Gasteiger partial charge in [-0.2, -0.15) is 0 Å². The standard InChI is InChI=1S/C18H22N2O3.ClH/c1-12(19-17(21)11-20(3)13(2)18(22)23)15-9-8-14-6-4-5-7-16(14)10-15;/h4-10,12-13H,11H2,1-3H3,(H,19,21)(H,22,23);1H. The van der Waals surface area contributed by atoms with E-state index in [0.29, 0.717) is 0 Å². The first-order valence-corrected chi connectivity index (χ1v) is 7.59. The number of nitrogens with one attached hydrogen (secondary N) is 1. The minimum atomic E-state index is -0.942. The van der Waals surface area contributed by atoms with Gasteiger partial charge in [0.25, 0.3) is 0 Å². The number of aliphatic carboxylic acids is 1. The van der Waals surface area contributed by atoms with Gasteiger partial charge in [0.15, 0.2) is 0 Å². The van der Waals surface area contributed by atoms with Crippen molar-refractivity contribution >= 4 is 35.1 Å². The molecule has 1 amide bonds. The van der Waals surface area contributed by atoms with E-state index in [1.54, 1.807) is 14.0 Å². The Hall–Kier alpha value is -2.11. The van der Waals surface area contributed by atoms with E-state index >= 15 is 0 Å². The van der Waals surface area contributed by atoms with Crippen molar-refractivity contribution in [1.82, 2.24) is 10.2 Å². The number of carbonyl (C=O) groups is 2. The number of amides is 1. The zero-order valence-corrected chi connectivity index (χ0v) is 14.8. The molecule has 24 heavy (non-hydrogen) atoms. The van der Waals surface area contributed by atoms with Gasteiger partial charge in [0, 0.05) is 0 Å². The summed E-state index contributed by atoms with van der Waals surface area (Å²) in [4.78, 5) is 24.5. The van der Waals surface area contributed by atoms with Gasteiger partial charge in [-0.15, -0.1) is 12.4 Å². The van der Waals surface area contributed by atoms with Crippen molar-refractivity contribution in [2.45, 2.75) is 25.9 Å². The highest BCUT2D eigenvalue weighted by Gasteiger charge is 2.20. The van der Waals surface area contributed by atoms with Gasteiger partial charge in [0.05, 0.1) is 12.6 Å². The average molecular weight is 351 g/mol. The summed E-state index contributed by atoms with van der Waals surface area (Å²) in [6, 6.07) is 13.3. The molecule has 0 heterocycles. The second kappa shape index (κ2) is 8.66. The van der Waals surface area contributed by atoms with Crippen LogP contribution in [0.4, 0.5) is 0 Å². The highest BCUT2D eigenvalue weighted by Crippen LogP contribution is 2.20. The Balaban J connectivity index is 0.00000288. The second-order valence-electron chi connectivity index (χ2n) is 5.83. The molecule has 5 nitrogen and oxygen atoms in total. The quantitative estimate of drug-likeness (QED) is 0.840. The number of halogens is 1. The van der Waals surface area contributed by atoms with Crippen LogP contribution in [0.2, 0.25) is 0 Å². The normalized spacial score (nSPS) is 13.2. The third kappa shape index (κ3) is 4.94. The Labute approximate surface area is 148 Å². The predicted molar refractivity (Wildman–Crippen MR) is 97.5 cm³/mol. The minimum Gasteiger partial charge on any atom is -0.480 e. The first-order chi connectivity index (χ1) is 10.9. The maximum atomic E-state index is 12.1. The van der Waals surface area contributed by atoms with Crippen molar-refractivity contribution in [3.8, 4) is 0 Å². The number of carboxylic acids is 1. The fourth-order valence-corrected chi connectivity index (χ4v) is 2.40. The van der Waals surface area contributed by atoms with Crippen LogP contribution >= 0.6 is 12.4 Å². The van der Waals surface area contributed by atoms with Crippen molar-refractivity contribution in [1.29, 1.82) is 0 Å². The smallest absolute Gasteiger partial charge is 0.320 e. The lowest BCUT2D eigenvalue weighted by Crippen LogP contribution is -2.43. The van der Waals surface area contributed by atoms with Crippen molar-refractivity contribution in [3.05, 3.63) is 48.0 Å². The first kappa shape index (κ1) is 19.9. The number of carboxylic acid groups (broad SMARTS) is 1. The molecule has 0 aliphatic rings. The topological polar surface area (TPSA) is 69.6 Å². The van der Waals surface area contributed by atoms with Crippen LogP contribution in [0.5, 0.6) is 0 Å². The van der Waals surface area contributed by atoms with Crippen LogP contribution in [-0.4, -0.2) is 41.5 Å². The SMILES string of the molecule is CC(NC(=O)CN(C)C(C)C(=O)O)c1ccc2ccccc2c1.Cl. The van der Waals surface area contributed by atoms with E-state index in [1.165, 1.54) is 4.90 Å². The van der Waals surface area contributed by atoms with Gasteiger partial charge in [0.2, 0.25) is 5.91 Å². The molecule has 0 bridgehead atoms. The van der Waals surface area contributed by atoms with Gasteiger partial charge in [-0.1, -0.05) is 36.4 Å². The minimum absolute atomic E-state index is 0. The summed E-state index contributed by atoms with van der Waals surface area (Å²) in [5, 5.41) is 14.1. The maximum Gasteiger partial charge on any atom is 0.320 e. The maximum absolute atomic E-state index is 12.1. The number of likely N-dealkylation sites (N-methyl/N-ethyl adjacent to an activating group) is 1. The van der Waals surface area contributed by atoms with E-state index in [9.17, 15) is 9.59 Å². The summed E-state index contributed by atoms with van der Waals surface area (Å²) in [5.74, 6) is -1.14. The van der Waals surface area contributed by atoms with Crippen LogP contribution in [0.3, 0.4) is 0 Å². The number of nitrogens with zero attached hydrogens (tertiary/aromatic N) is 1. The molecule has 2 rings (SSSR count). The molecule has 0 spiro atoms. The van der Waals surface area contributed by atoms with E-state index < -0.39 is 12.0 Å². The molecule has 2 atom stereocenters. The lowest BCUT2D eigenvalue weighted by molar-refractivity contribution is -0.142. The van der Waals surface area contributed by atoms with Crippen LogP contribution in [-0.2, 0) is 9.59 Å². The Morgan fingerprint density at radius 2 is 1.75 bits per heavy atom. The third-order valence-electron chi connectivity index (χ3n) is 4.06. The molecule has 2 unspecified atom stereocenters. The van der Waals surface area contributed by atoms with E-state index in [2.05, 4.69) is 11.4 Å². The summed E-state index contributed by atoms with van der Waals surface area (Å²) >= 11 is 0. The van der Waals surface area contributed by atoms with Gasteiger partial charge in [-0.3, -0.25) is 14.5 Å². The average Bonchev–Trinajstić information content (AvgIpc) is 2.53. The molecular formula is C18H23ClN2O3. The molecule has 0 aromatic heterocycles. The first-order valence-electron chi connectivity index (χ1n) is 7.59. The number of hydrogen-bond acceptors (Lipinski definition) is 3. The lowest BCUT2D eigenvalue weighted by Gasteiger charge is -2.22. The van der Waals surface area contributed by atoms with Crippen LogP contribution in [0, 0.1) is 0 Å². The largest absolute Gasteiger partial charge is 0.480 e. The number of hydrogen-bond donors (Lipinski definition) is 2. The fraction of sp³-hybridized carbons (Fsp3) is 0.333. The van der Waals surface area contributed by atoms with Gasteiger partial charge >= 0.3 is 5.97 Å². The molecule has 0 fully saturated rings. The summed E-state index contributed by atoms with van der Waals surface area (Å²) in [6.45, 7) is 3.52. The molecule has 0 saturated carbocycles. The highest BCUT2D eigenvalue weighted by atomic mass is 35.5. The van der Waals surface area contributed by atoms with Gasteiger partial charge < -0.3 is 10.4 Å². The summed E-state index contributed by atoms with van der Waals surface area (Å²) in [7, 11) is 1.62. The predicted octanol–water partition coefficient (Wildman–Crippen LogP) is 2.84. The Kier molecular flexibility index (Phi) is 7.19. The van der Waals surface area contributed by atoms with Crippen molar-refractivity contribution in [3.63, 3.8) is 0 Å². The fourth-order valence-electron chi connectivity index (χ4n) is 2.40. The number of carbonyl (C=O) groups excluding carboxylic acids is 1. The van der Waals surface area contributed by atoms with Gasteiger partial charge in [-0.05, 0) is 43.3 Å². The molecule has 0 aliphatic carbocycles. The molecule has 2 aromatic rings. The summed E-state index contributed by atoms with van der Waals surface area (Å²) in [5.41, 5.74) is 1.02. The van der Waals surface area contributed by atoms with Crippen molar-refractivity contribution in [2.75, 3.05) is 13.6 Å². The van der Waals surface area contributed by atoms with E-state index in [0.717, 1.165) is 16.3 Å². The molecule has 0 aliphatic heterocycles.